The highest BCUT2D eigenvalue weighted by Gasteiger charge is 2.01. The van der Waals surface area contributed by atoms with Crippen molar-refractivity contribution in [3.8, 4) is 0 Å². The highest BCUT2D eigenvalue weighted by molar-refractivity contribution is 5.41. The van der Waals surface area contributed by atoms with Gasteiger partial charge in [-0.25, -0.2) is 0 Å². The molecular weight excluding hydrogens is 132 g/mol. The average molecular weight is 136 g/mol. The zero-order valence-corrected chi connectivity index (χ0v) is 5.02. The van der Waals surface area contributed by atoms with E-state index in [9.17, 15) is 10.1 Å². The first-order valence-corrected chi connectivity index (χ1v) is 2.63. The van der Waals surface area contributed by atoms with E-state index >= 15 is 0 Å². The predicted octanol–water partition coefficient (Wildman–Crippen LogP) is 1.29. The molecule has 0 amide bonds. The van der Waals surface area contributed by atoms with Crippen LogP contribution in [0.5, 0.6) is 0 Å². The van der Waals surface area contributed by atoms with E-state index in [2.05, 4.69) is 0 Å². The highest BCUT2D eigenvalue weighted by Crippen LogP contribution is 2.12. The monoisotopic (exact) mass is 136 g/mol. The van der Waals surface area contributed by atoms with Crippen LogP contribution in [0.2, 0.25) is 0 Å². The summed E-state index contributed by atoms with van der Waals surface area (Å²) >= 11 is 0. The van der Waals surface area contributed by atoms with Crippen molar-refractivity contribution < 1.29 is 4.92 Å². The molecule has 2 radical (unpaired) electrons. The standard InChI is InChI=1S/C6H4N2O2/c7-5-1-3-6(4-2-5)8(9)10/h1-4H. The number of hydrogen-bond donors (Lipinski definition) is 0. The Kier molecular flexibility index (Phi) is 1.53. The van der Waals surface area contributed by atoms with Crippen LogP contribution in [0.4, 0.5) is 11.4 Å². The fourth-order valence-electron chi connectivity index (χ4n) is 0.574. The van der Waals surface area contributed by atoms with Gasteiger partial charge in [0.25, 0.3) is 5.69 Å². The number of rotatable bonds is 1. The van der Waals surface area contributed by atoms with Gasteiger partial charge in [-0.05, 0) is 12.1 Å². The maximum Gasteiger partial charge on any atom is 0.269 e. The Bertz CT molecular complexity index is 242. The summed E-state index contributed by atoms with van der Waals surface area (Å²) in [5.74, 6) is 0. The topological polar surface area (TPSA) is 65.4 Å². The number of benzene rings is 1. The molecule has 0 heterocycles. The Morgan fingerprint density at radius 3 is 2.20 bits per heavy atom. The summed E-state index contributed by atoms with van der Waals surface area (Å²) in [6, 6.07) is 5.04. The first-order valence-electron chi connectivity index (χ1n) is 2.63. The molecule has 10 heavy (non-hydrogen) atoms. The molecule has 0 spiro atoms. The number of hydrogen-bond acceptors (Lipinski definition) is 2. The van der Waals surface area contributed by atoms with Crippen LogP contribution in [-0.4, -0.2) is 4.92 Å². The summed E-state index contributed by atoms with van der Waals surface area (Å²) in [7, 11) is 0. The third-order valence-corrected chi connectivity index (χ3v) is 1.06. The zero-order valence-electron chi connectivity index (χ0n) is 5.02. The van der Waals surface area contributed by atoms with Crippen molar-refractivity contribution in [3.63, 3.8) is 0 Å². The molecule has 4 nitrogen and oxygen atoms in total. The number of non-ortho nitro benzene ring substituents is 1. The van der Waals surface area contributed by atoms with Crippen molar-refractivity contribution in [2.75, 3.05) is 0 Å². The van der Waals surface area contributed by atoms with Gasteiger partial charge >= 0.3 is 0 Å². The van der Waals surface area contributed by atoms with Gasteiger partial charge in [-0.15, -0.1) is 0 Å². The number of nitro groups is 1. The lowest BCUT2D eigenvalue weighted by atomic mass is 10.3. The SMILES string of the molecule is [N]c1ccc([N+](=O)[O-])cc1. The lowest BCUT2D eigenvalue weighted by molar-refractivity contribution is -0.384. The molecule has 0 fully saturated rings. The van der Waals surface area contributed by atoms with E-state index in [1.165, 1.54) is 24.3 Å². The van der Waals surface area contributed by atoms with Crippen LogP contribution < -0.4 is 5.73 Å². The van der Waals surface area contributed by atoms with Crippen LogP contribution in [-0.2, 0) is 0 Å². The minimum absolute atomic E-state index is 0.0159. The van der Waals surface area contributed by atoms with Gasteiger partial charge in [-0.1, -0.05) is 0 Å². The smallest absolute Gasteiger partial charge is 0.258 e. The molecule has 0 saturated heterocycles. The van der Waals surface area contributed by atoms with Gasteiger partial charge in [0.1, 0.15) is 0 Å². The second-order valence-corrected chi connectivity index (χ2v) is 1.77. The molecule has 0 aliphatic heterocycles. The fourth-order valence-corrected chi connectivity index (χ4v) is 0.574. The van der Waals surface area contributed by atoms with E-state index in [4.69, 9.17) is 5.73 Å². The van der Waals surface area contributed by atoms with Crippen molar-refractivity contribution in [2.24, 2.45) is 0 Å². The predicted molar refractivity (Wildman–Crippen MR) is 34.9 cm³/mol. The molecule has 0 saturated carbocycles. The molecule has 0 atom stereocenters. The lowest BCUT2D eigenvalue weighted by Crippen LogP contribution is -1.85. The van der Waals surface area contributed by atoms with Crippen molar-refractivity contribution in [1.82, 2.24) is 5.73 Å². The first-order chi connectivity index (χ1) is 4.70. The molecule has 0 aliphatic carbocycles. The van der Waals surface area contributed by atoms with E-state index in [0.29, 0.717) is 0 Å². The molecule has 50 valence electrons. The molecule has 0 bridgehead atoms. The molecular formula is C6H4N2O2. The third-order valence-electron chi connectivity index (χ3n) is 1.06. The first kappa shape index (κ1) is 6.54. The van der Waals surface area contributed by atoms with Crippen LogP contribution in [0.25, 0.3) is 0 Å². The highest BCUT2D eigenvalue weighted by atomic mass is 16.6. The van der Waals surface area contributed by atoms with Gasteiger partial charge in [-0.2, -0.15) is 5.73 Å². The lowest BCUT2D eigenvalue weighted by Gasteiger charge is -1.88. The van der Waals surface area contributed by atoms with E-state index in [1.807, 2.05) is 0 Å². The van der Waals surface area contributed by atoms with Crippen LogP contribution in [0.3, 0.4) is 0 Å². The summed E-state index contributed by atoms with van der Waals surface area (Å²) in [6.45, 7) is 0. The summed E-state index contributed by atoms with van der Waals surface area (Å²) in [6.07, 6.45) is 0. The fraction of sp³-hybridized carbons (Fsp3) is 0. The largest absolute Gasteiger partial charge is 0.269 e. The van der Waals surface area contributed by atoms with Gasteiger partial charge in [0.05, 0.1) is 10.6 Å². The van der Waals surface area contributed by atoms with Gasteiger partial charge in [0, 0.05) is 12.1 Å². The zero-order chi connectivity index (χ0) is 7.56. The normalized spacial score (nSPS) is 9.20. The Hall–Kier alpha value is -1.58. The minimum atomic E-state index is -0.514. The van der Waals surface area contributed by atoms with Gasteiger partial charge < -0.3 is 0 Å². The van der Waals surface area contributed by atoms with E-state index in [1.54, 1.807) is 0 Å². The van der Waals surface area contributed by atoms with E-state index in [-0.39, 0.29) is 11.4 Å². The maximum atomic E-state index is 10.0. The van der Waals surface area contributed by atoms with Gasteiger partial charge in [0.2, 0.25) is 0 Å². The molecule has 1 aromatic rings. The van der Waals surface area contributed by atoms with Crippen LogP contribution in [0.15, 0.2) is 24.3 Å². The van der Waals surface area contributed by atoms with Crippen molar-refractivity contribution in [2.45, 2.75) is 0 Å². The summed E-state index contributed by atoms with van der Waals surface area (Å²) in [4.78, 5) is 9.52. The Balaban J connectivity index is 3.00. The summed E-state index contributed by atoms with van der Waals surface area (Å²) < 4.78 is 0. The molecule has 1 rings (SSSR count). The quantitative estimate of drug-likeness (QED) is 0.431. The van der Waals surface area contributed by atoms with E-state index in [0.717, 1.165) is 0 Å². The van der Waals surface area contributed by atoms with Gasteiger partial charge in [0.15, 0.2) is 0 Å². The molecule has 4 heteroatoms. The second-order valence-electron chi connectivity index (χ2n) is 1.77. The van der Waals surface area contributed by atoms with Crippen molar-refractivity contribution in [3.05, 3.63) is 34.4 Å². The maximum absolute atomic E-state index is 10.0. The van der Waals surface area contributed by atoms with Gasteiger partial charge in [-0.3, -0.25) is 10.1 Å². The molecule has 0 aromatic heterocycles. The van der Waals surface area contributed by atoms with Crippen LogP contribution in [0.1, 0.15) is 0 Å². The number of nitro benzene ring substituents is 1. The molecule has 0 aliphatic rings. The Morgan fingerprint density at radius 1 is 1.30 bits per heavy atom. The van der Waals surface area contributed by atoms with Crippen LogP contribution in [0, 0.1) is 10.1 Å². The summed E-state index contributed by atoms with van der Waals surface area (Å²) in [5.41, 5.74) is 8.73. The summed E-state index contributed by atoms with van der Waals surface area (Å²) in [5, 5.41) is 10.0. The second kappa shape index (κ2) is 2.34. The van der Waals surface area contributed by atoms with Crippen LogP contribution >= 0.6 is 0 Å². The van der Waals surface area contributed by atoms with E-state index < -0.39 is 4.92 Å². The van der Waals surface area contributed by atoms with Crippen molar-refractivity contribution >= 4 is 11.4 Å². The Morgan fingerprint density at radius 2 is 1.80 bits per heavy atom. The van der Waals surface area contributed by atoms with Crippen molar-refractivity contribution in [1.29, 1.82) is 0 Å². The minimum Gasteiger partial charge on any atom is -0.258 e. The molecule has 1 aromatic carbocycles. The third kappa shape index (κ3) is 1.22. The Labute approximate surface area is 57.4 Å². The number of nitrogens with zero attached hydrogens (tertiary/aromatic N) is 2. The average Bonchev–Trinajstić information content (AvgIpc) is 1.88. The molecule has 0 N–H and O–H groups in total. The molecule has 0 unspecified atom stereocenters.